The summed E-state index contributed by atoms with van der Waals surface area (Å²) in [5.74, 6) is -0.527. The van der Waals surface area contributed by atoms with E-state index in [0.29, 0.717) is 17.2 Å². The first-order valence-corrected chi connectivity index (χ1v) is 9.77. The van der Waals surface area contributed by atoms with Gasteiger partial charge in [-0.25, -0.2) is 4.98 Å². The molecular weight excluding hydrogens is 387 g/mol. The van der Waals surface area contributed by atoms with E-state index < -0.39 is 22.9 Å². The van der Waals surface area contributed by atoms with Crippen molar-refractivity contribution in [1.82, 2.24) is 9.55 Å². The molecule has 1 atom stereocenters. The number of benzene rings is 2. The molecule has 0 aliphatic rings. The maximum Gasteiger partial charge on any atom is 0.416 e. The van der Waals surface area contributed by atoms with Crippen molar-refractivity contribution >= 4 is 28.7 Å². The monoisotopic (exact) mass is 407 g/mol. The molecule has 2 aromatic carbocycles. The van der Waals surface area contributed by atoms with Crippen LogP contribution in [0.1, 0.15) is 36.1 Å². The van der Waals surface area contributed by atoms with Crippen molar-refractivity contribution in [2.45, 2.75) is 42.9 Å². The van der Waals surface area contributed by atoms with Crippen LogP contribution >= 0.6 is 11.8 Å². The van der Waals surface area contributed by atoms with Gasteiger partial charge in [0.1, 0.15) is 5.25 Å². The minimum Gasteiger partial charge on any atom is -0.368 e. The predicted octanol–water partition coefficient (Wildman–Crippen LogP) is 5.17. The Morgan fingerprint density at radius 2 is 1.93 bits per heavy atom. The number of halogens is 3. The van der Waals surface area contributed by atoms with E-state index in [1.807, 2.05) is 29.7 Å². The van der Waals surface area contributed by atoms with Gasteiger partial charge in [0.2, 0.25) is 5.91 Å². The molecule has 0 radical (unpaired) electrons. The maximum atomic E-state index is 13.1. The summed E-state index contributed by atoms with van der Waals surface area (Å²) in [6, 6.07) is 12.6. The number of primary amides is 1. The Balaban J connectivity index is 2.06. The smallest absolute Gasteiger partial charge is 0.368 e. The van der Waals surface area contributed by atoms with Crippen LogP contribution in [0.3, 0.4) is 0 Å². The Labute approximate surface area is 164 Å². The third-order valence-corrected chi connectivity index (χ3v) is 5.62. The van der Waals surface area contributed by atoms with Gasteiger partial charge in [-0.3, -0.25) is 4.79 Å². The molecule has 1 aromatic heterocycles. The van der Waals surface area contributed by atoms with E-state index in [-0.39, 0.29) is 5.52 Å². The summed E-state index contributed by atoms with van der Waals surface area (Å²) in [6.07, 6.45) is -2.68. The number of rotatable bonds is 7. The summed E-state index contributed by atoms with van der Waals surface area (Å²) in [5, 5.41) is -0.198. The van der Waals surface area contributed by atoms with E-state index >= 15 is 0 Å². The van der Waals surface area contributed by atoms with E-state index in [0.717, 1.165) is 42.3 Å². The summed E-state index contributed by atoms with van der Waals surface area (Å²) < 4.78 is 41.0. The summed E-state index contributed by atoms with van der Waals surface area (Å²) in [6.45, 7) is 2.63. The standard InChI is InChI=1S/C20H20F3N3OS/c1-2-3-11-26-16-10-9-14(20(21,22)23)12-15(16)25-19(26)28-17(18(24)27)13-7-5-4-6-8-13/h4-10,12,17H,2-3,11H2,1H3,(H2,24,27)/t17-/m0/s1. The largest absolute Gasteiger partial charge is 0.416 e. The molecule has 0 unspecified atom stereocenters. The van der Waals surface area contributed by atoms with Crippen molar-refractivity contribution < 1.29 is 18.0 Å². The highest BCUT2D eigenvalue weighted by molar-refractivity contribution is 8.00. The normalized spacial score (nSPS) is 13.0. The molecule has 0 aliphatic heterocycles. The van der Waals surface area contributed by atoms with Crippen LogP contribution in [0.4, 0.5) is 13.2 Å². The first-order valence-electron chi connectivity index (χ1n) is 8.89. The van der Waals surface area contributed by atoms with Gasteiger partial charge in [0.05, 0.1) is 16.6 Å². The lowest BCUT2D eigenvalue weighted by Crippen LogP contribution is -2.19. The Kier molecular flexibility index (Phi) is 5.98. The molecule has 0 fully saturated rings. The molecule has 4 nitrogen and oxygen atoms in total. The number of thioether (sulfide) groups is 1. The number of nitrogens with two attached hydrogens (primary N) is 1. The second-order valence-electron chi connectivity index (χ2n) is 6.41. The number of carbonyl (C=O) groups is 1. The van der Waals surface area contributed by atoms with Crippen LogP contribution in [0.25, 0.3) is 11.0 Å². The first-order chi connectivity index (χ1) is 13.3. The van der Waals surface area contributed by atoms with Crippen LogP contribution in [0.15, 0.2) is 53.7 Å². The number of unbranched alkanes of at least 4 members (excludes halogenated alkanes) is 1. The fourth-order valence-electron chi connectivity index (χ4n) is 2.93. The summed E-state index contributed by atoms with van der Waals surface area (Å²) in [5.41, 5.74) is 6.45. The highest BCUT2D eigenvalue weighted by Gasteiger charge is 2.31. The number of aryl methyl sites for hydroxylation is 1. The SMILES string of the molecule is CCCCn1c(S[C@H](C(N)=O)c2ccccc2)nc2cc(C(F)(F)F)ccc21. The molecule has 3 rings (SSSR count). The van der Waals surface area contributed by atoms with Crippen LogP contribution in [0, 0.1) is 0 Å². The van der Waals surface area contributed by atoms with E-state index in [4.69, 9.17) is 5.73 Å². The molecule has 1 heterocycles. The highest BCUT2D eigenvalue weighted by atomic mass is 32.2. The van der Waals surface area contributed by atoms with Gasteiger partial charge in [0, 0.05) is 6.54 Å². The van der Waals surface area contributed by atoms with Crippen molar-refractivity contribution in [3.05, 3.63) is 59.7 Å². The van der Waals surface area contributed by atoms with E-state index in [1.165, 1.54) is 6.07 Å². The van der Waals surface area contributed by atoms with Crippen molar-refractivity contribution in [3.8, 4) is 0 Å². The molecule has 148 valence electrons. The van der Waals surface area contributed by atoms with Gasteiger partial charge in [-0.2, -0.15) is 13.2 Å². The minimum atomic E-state index is -4.44. The fraction of sp³-hybridized carbons (Fsp3) is 0.300. The molecule has 0 saturated heterocycles. The zero-order valence-corrected chi connectivity index (χ0v) is 16.1. The Bertz CT molecular complexity index is 970. The Hall–Kier alpha value is -2.48. The number of imidazole rings is 1. The number of aromatic nitrogens is 2. The number of amides is 1. The molecule has 3 aromatic rings. The van der Waals surface area contributed by atoms with Gasteiger partial charge < -0.3 is 10.3 Å². The quantitative estimate of drug-likeness (QED) is 0.550. The van der Waals surface area contributed by atoms with Gasteiger partial charge in [-0.1, -0.05) is 55.4 Å². The van der Waals surface area contributed by atoms with Crippen LogP contribution in [0.5, 0.6) is 0 Å². The molecule has 8 heteroatoms. The number of alkyl halides is 3. The van der Waals surface area contributed by atoms with Crippen molar-refractivity contribution in [1.29, 1.82) is 0 Å². The third kappa shape index (κ3) is 4.32. The number of hydrogen-bond donors (Lipinski definition) is 1. The molecule has 0 aliphatic carbocycles. The zero-order chi connectivity index (χ0) is 20.3. The molecular formula is C20H20F3N3OS. The van der Waals surface area contributed by atoms with Gasteiger partial charge in [0.15, 0.2) is 5.16 Å². The molecule has 28 heavy (non-hydrogen) atoms. The van der Waals surface area contributed by atoms with Crippen molar-refractivity contribution in [2.75, 3.05) is 0 Å². The van der Waals surface area contributed by atoms with Gasteiger partial charge in [-0.15, -0.1) is 0 Å². The summed E-state index contributed by atoms with van der Waals surface area (Å²) in [7, 11) is 0. The van der Waals surface area contributed by atoms with Crippen molar-refractivity contribution in [2.24, 2.45) is 5.73 Å². The van der Waals surface area contributed by atoms with Crippen LogP contribution in [-0.2, 0) is 17.5 Å². The van der Waals surface area contributed by atoms with Crippen LogP contribution in [0.2, 0.25) is 0 Å². The number of hydrogen-bond acceptors (Lipinski definition) is 3. The van der Waals surface area contributed by atoms with Crippen molar-refractivity contribution in [3.63, 3.8) is 0 Å². The number of fused-ring (bicyclic) bond motifs is 1. The predicted molar refractivity (Wildman–Crippen MR) is 104 cm³/mol. The van der Waals surface area contributed by atoms with Crippen LogP contribution in [-0.4, -0.2) is 15.5 Å². The molecule has 0 saturated carbocycles. The van der Waals surface area contributed by atoms with Gasteiger partial charge in [-0.05, 0) is 30.2 Å². The molecule has 0 spiro atoms. The summed E-state index contributed by atoms with van der Waals surface area (Å²) >= 11 is 1.16. The van der Waals surface area contributed by atoms with Gasteiger partial charge in [0.25, 0.3) is 0 Å². The van der Waals surface area contributed by atoms with Crippen LogP contribution < -0.4 is 5.73 Å². The topological polar surface area (TPSA) is 60.9 Å². The average molecular weight is 407 g/mol. The highest BCUT2D eigenvalue weighted by Crippen LogP contribution is 2.38. The van der Waals surface area contributed by atoms with E-state index in [1.54, 1.807) is 12.1 Å². The zero-order valence-electron chi connectivity index (χ0n) is 15.2. The lowest BCUT2D eigenvalue weighted by Gasteiger charge is -2.14. The van der Waals surface area contributed by atoms with Gasteiger partial charge >= 0.3 is 6.18 Å². The maximum absolute atomic E-state index is 13.1. The summed E-state index contributed by atoms with van der Waals surface area (Å²) in [4.78, 5) is 16.5. The second kappa shape index (κ2) is 8.26. The fourth-order valence-corrected chi connectivity index (χ4v) is 4.02. The lowest BCUT2D eigenvalue weighted by molar-refractivity contribution is -0.137. The number of nitrogens with zero attached hydrogens (tertiary/aromatic N) is 2. The number of carbonyl (C=O) groups excluding carboxylic acids is 1. The third-order valence-electron chi connectivity index (χ3n) is 4.36. The average Bonchev–Trinajstić information content (AvgIpc) is 3.00. The lowest BCUT2D eigenvalue weighted by atomic mass is 10.1. The Morgan fingerprint density at radius 1 is 1.21 bits per heavy atom. The van der Waals surface area contributed by atoms with E-state index in [2.05, 4.69) is 4.98 Å². The first kappa shape index (κ1) is 20.3. The Morgan fingerprint density at radius 3 is 2.54 bits per heavy atom. The minimum absolute atomic E-state index is 0.254. The molecule has 1 amide bonds. The second-order valence-corrected chi connectivity index (χ2v) is 7.48. The molecule has 0 bridgehead atoms. The van der Waals surface area contributed by atoms with E-state index in [9.17, 15) is 18.0 Å². The molecule has 2 N–H and O–H groups in total.